The topological polar surface area (TPSA) is 58.6 Å². The summed E-state index contributed by atoms with van der Waals surface area (Å²) in [7, 11) is 0. The molecular weight excluding hydrogens is 292 g/mol. The maximum absolute atomic E-state index is 12.9. The Labute approximate surface area is 140 Å². The summed E-state index contributed by atoms with van der Waals surface area (Å²) in [5.74, 6) is 0.790. The summed E-state index contributed by atoms with van der Waals surface area (Å²) in [6.07, 6.45) is 5.27. The molecule has 2 rings (SSSR count). The minimum Gasteiger partial charge on any atom is -0.354 e. The van der Waals surface area contributed by atoms with E-state index in [2.05, 4.69) is 12.2 Å². The predicted octanol–water partition coefficient (Wildman–Crippen LogP) is 2.69. The van der Waals surface area contributed by atoms with E-state index < -0.39 is 11.8 Å². The minimum absolute atomic E-state index is 0.0586. The van der Waals surface area contributed by atoms with Gasteiger partial charge in [-0.2, -0.15) is 0 Å². The van der Waals surface area contributed by atoms with E-state index in [4.69, 9.17) is 4.74 Å². The van der Waals surface area contributed by atoms with Gasteiger partial charge < -0.3 is 10.1 Å². The van der Waals surface area contributed by atoms with Crippen LogP contribution in [0.3, 0.4) is 0 Å². The second-order valence-electron chi connectivity index (χ2n) is 7.63. The van der Waals surface area contributed by atoms with Crippen LogP contribution in [0.4, 0.5) is 0 Å². The highest BCUT2D eigenvalue weighted by Gasteiger charge is 2.53. The first-order valence-corrected chi connectivity index (χ1v) is 9.13. The molecule has 132 valence electrons. The van der Waals surface area contributed by atoms with Crippen molar-refractivity contribution in [2.24, 2.45) is 11.8 Å². The van der Waals surface area contributed by atoms with Crippen molar-refractivity contribution in [3.63, 3.8) is 0 Å². The Kier molecular flexibility index (Phi) is 6.06. The number of carbonyl (C=O) groups excluding carboxylic acids is 2. The van der Waals surface area contributed by atoms with E-state index in [1.54, 1.807) is 4.90 Å². The van der Waals surface area contributed by atoms with E-state index in [9.17, 15) is 9.59 Å². The maximum Gasteiger partial charge on any atom is 0.245 e. The third kappa shape index (κ3) is 4.06. The molecule has 1 spiro atoms. The molecule has 0 bridgehead atoms. The van der Waals surface area contributed by atoms with Gasteiger partial charge in [0.2, 0.25) is 11.8 Å². The molecule has 1 aliphatic heterocycles. The third-order valence-electron chi connectivity index (χ3n) is 4.90. The second-order valence-corrected chi connectivity index (χ2v) is 7.63. The fourth-order valence-electron chi connectivity index (χ4n) is 3.90. The fourth-order valence-corrected chi connectivity index (χ4v) is 3.90. The standard InChI is InChI=1S/C18H32N2O3/c1-5-9-19-17(22)15-12-23-18(8-6-7-14(4)11-18)20(15)16(21)10-13(2)3/h13-15H,5-12H2,1-4H3,(H,19,22). The van der Waals surface area contributed by atoms with Crippen LogP contribution in [0.2, 0.25) is 0 Å². The van der Waals surface area contributed by atoms with E-state index in [-0.39, 0.29) is 17.7 Å². The lowest BCUT2D eigenvalue weighted by Gasteiger charge is -2.43. The molecule has 5 nitrogen and oxygen atoms in total. The molecule has 1 saturated heterocycles. The third-order valence-corrected chi connectivity index (χ3v) is 4.90. The highest BCUT2D eigenvalue weighted by molar-refractivity contribution is 5.88. The number of hydrogen-bond donors (Lipinski definition) is 1. The van der Waals surface area contributed by atoms with Crippen molar-refractivity contribution in [3.8, 4) is 0 Å². The van der Waals surface area contributed by atoms with Gasteiger partial charge in [-0.1, -0.05) is 34.1 Å². The van der Waals surface area contributed by atoms with Gasteiger partial charge in [0, 0.05) is 13.0 Å². The molecule has 1 aliphatic carbocycles. The van der Waals surface area contributed by atoms with Crippen molar-refractivity contribution in [1.82, 2.24) is 10.2 Å². The Hall–Kier alpha value is -1.10. The van der Waals surface area contributed by atoms with Gasteiger partial charge >= 0.3 is 0 Å². The zero-order valence-corrected chi connectivity index (χ0v) is 15.1. The number of hydrogen-bond acceptors (Lipinski definition) is 3. The largest absolute Gasteiger partial charge is 0.354 e. The maximum atomic E-state index is 12.9. The Bertz CT molecular complexity index is 438. The molecule has 2 fully saturated rings. The highest BCUT2D eigenvalue weighted by Crippen LogP contribution is 2.43. The van der Waals surface area contributed by atoms with Crippen LogP contribution in [0, 0.1) is 11.8 Å². The molecule has 1 heterocycles. The molecule has 2 aliphatic rings. The van der Waals surface area contributed by atoms with Gasteiger partial charge in [-0.25, -0.2) is 0 Å². The van der Waals surface area contributed by atoms with Crippen molar-refractivity contribution in [1.29, 1.82) is 0 Å². The van der Waals surface area contributed by atoms with E-state index in [1.165, 1.54) is 6.42 Å². The fraction of sp³-hybridized carbons (Fsp3) is 0.889. The van der Waals surface area contributed by atoms with Crippen LogP contribution in [-0.4, -0.2) is 41.6 Å². The van der Waals surface area contributed by atoms with E-state index in [0.717, 1.165) is 25.7 Å². The summed E-state index contributed by atoms with van der Waals surface area (Å²) < 4.78 is 6.13. The molecule has 3 unspecified atom stereocenters. The highest BCUT2D eigenvalue weighted by atomic mass is 16.5. The van der Waals surface area contributed by atoms with Crippen molar-refractivity contribution in [2.45, 2.75) is 78.0 Å². The summed E-state index contributed by atoms with van der Waals surface area (Å²) in [5.41, 5.74) is -0.558. The number of nitrogens with zero attached hydrogens (tertiary/aromatic N) is 1. The predicted molar refractivity (Wildman–Crippen MR) is 89.7 cm³/mol. The smallest absolute Gasteiger partial charge is 0.245 e. The number of amides is 2. The molecular formula is C18H32N2O3. The summed E-state index contributed by atoms with van der Waals surface area (Å²) in [6.45, 7) is 9.28. The van der Waals surface area contributed by atoms with Crippen LogP contribution in [0.1, 0.15) is 66.2 Å². The van der Waals surface area contributed by atoms with Crippen LogP contribution < -0.4 is 5.32 Å². The van der Waals surface area contributed by atoms with Crippen molar-refractivity contribution in [2.75, 3.05) is 13.2 Å². The Balaban J connectivity index is 2.22. The van der Waals surface area contributed by atoms with Gasteiger partial charge in [-0.05, 0) is 37.5 Å². The summed E-state index contributed by atoms with van der Waals surface area (Å²) in [5, 5.41) is 2.93. The number of carbonyl (C=O) groups is 2. The Morgan fingerprint density at radius 2 is 2.13 bits per heavy atom. The molecule has 3 atom stereocenters. The van der Waals surface area contributed by atoms with Gasteiger partial charge in [0.1, 0.15) is 11.8 Å². The zero-order chi connectivity index (χ0) is 17.0. The number of nitrogens with one attached hydrogen (secondary N) is 1. The van der Waals surface area contributed by atoms with E-state index in [1.807, 2.05) is 20.8 Å². The molecule has 1 N–H and O–H groups in total. The first kappa shape index (κ1) is 18.2. The second kappa shape index (κ2) is 7.65. The Morgan fingerprint density at radius 3 is 2.74 bits per heavy atom. The molecule has 0 aromatic carbocycles. The van der Waals surface area contributed by atoms with Gasteiger partial charge in [-0.15, -0.1) is 0 Å². The number of rotatable bonds is 5. The summed E-state index contributed by atoms with van der Waals surface area (Å²) in [6, 6.07) is -0.474. The van der Waals surface area contributed by atoms with E-state index >= 15 is 0 Å². The lowest BCUT2D eigenvalue weighted by atomic mass is 9.83. The van der Waals surface area contributed by atoms with Crippen LogP contribution >= 0.6 is 0 Å². The minimum atomic E-state index is -0.558. The van der Waals surface area contributed by atoms with Gasteiger partial charge in [0.25, 0.3) is 0 Å². The average molecular weight is 324 g/mol. The molecule has 0 aromatic rings. The molecule has 0 aromatic heterocycles. The Morgan fingerprint density at radius 1 is 1.39 bits per heavy atom. The van der Waals surface area contributed by atoms with Crippen LogP contribution in [0.5, 0.6) is 0 Å². The first-order chi connectivity index (χ1) is 10.9. The lowest BCUT2D eigenvalue weighted by Crippen LogP contribution is -2.57. The molecule has 5 heteroatoms. The first-order valence-electron chi connectivity index (χ1n) is 9.13. The van der Waals surface area contributed by atoms with Gasteiger partial charge in [-0.3, -0.25) is 14.5 Å². The van der Waals surface area contributed by atoms with Crippen LogP contribution in [0.25, 0.3) is 0 Å². The van der Waals surface area contributed by atoms with Crippen molar-refractivity contribution < 1.29 is 14.3 Å². The van der Waals surface area contributed by atoms with Gasteiger partial charge in [0.05, 0.1) is 6.61 Å². The SMILES string of the molecule is CCCNC(=O)C1COC2(CCCC(C)C2)N1C(=O)CC(C)C. The number of ether oxygens (including phenoxy) is 1. The zero-order valence-electron chi connectivity index (χ0n) is 15.1. The van der Waals surface area contributed by atoms with Crippen LogP contribution in [-0.2, 0) is 14.3 Å². The summed E-state index contributed by atoms with van der Waals surface area (Å²) in [4.78, 5) is 27.2. The lowest BCUT2D eigenvalue weighted by molar-refractivity contribution is -0.163. The normalized spacial score (nSPS) is 30.9. The molecule has 1 saturated carbocycles. The van der Waals surface area contributed by atoms with Crippen molar-refractivity contribution in [3.05, 3.63) is 0 Å². The van der Waals surface area contributed by atoms with E-state index in [0.29, 0.717) is 25.5 Å². The quantitative estimate of drug-likeness (QED) is 0.846. The summed E-state index contributed by atoms with van der Waals surface area (Å²) >= 11 is 0. The monoisotopic (exact) mass is 324 g/mol. The average Bonchev–Trinajstić information content (AvgIpc) is 2.82. The molecule has 2 amide bonds. The molecule has 23 heavy (non-hydrogen) atoms. The van der Waals surface area contributed by atoms with Crippen LogP contribution in [0.15, 0.2) is 0 Å². The molecule has 0 radical (unpaired) electrons. The van der Waals surface area contributed by atoms with Crippen molar-refractivity contribution >= 4 is 11.8 Å². The van der Waals surface area contributed by atoms with Gasteiger partial charge in [0.15, 0.2) is 0 Å².